The monoisotopic (exact) mass is 349 g/mol. The number of hydrogen-bond donors (Lipinski definition) is 0. The molecule has 0 bridgehead atoms. The third-order valence-electron chi connectivity index (χ3n) is 5.55. The lowest BCUT2D eigenvalue weighted by atomic mass is 9.87. The predicted octanol–water partition coefficient (Wildman–Crippen LogP) is 7.23. The maximum atomic E-state index is 2.39. The summed E-state index contributed by atoms with van der Waals surface area (Å²) >= 11 is 0. The Labute approximate surface area is 159 Å². The Balaban J connectivity index is 1.87. The van der Waals surface area contributed by atoms with E-state index in [0.717, 1.165) is 0 Å². The lowest BCUT2D eigenvalue weighted by Gasteiger charge is -2.19. The zero-order chi connectivity index (χ0) is 18.6. The van der Waals surface area contributed by atoms with Crippen LogP contribution in [0.4, 0.5) is 0 Å². The molecule has 0 unspecified atom stereocenters. The number of benzene rings is 4. The minimum Gasteiger partial charge on any atom is -0.309 e. The second-order valence-corrected chi connectivity index (χ2v) is 8.33. The Morgan fingerprint density at radius 3 is 2.00 bits per heavy atom. The van der Waals surface area contributed by atoms with Crippen LogP contribution < -0.4 is 0 Å². The van der Waals surface area contributed by atoms with Crippen LogP contribution in [0, 0.1) is 0 Å². The Morgan fingerprint density at radius 1 is 0.593 bits per heavy atom. The van der Waals surface area contributed by atoms with Crippen LogP contribution in [0.1, 0.15) is 26.3 Å². The first-order valence-electron chi connectivity index (χ1n) is 9.56. The summed E-state index contributed by atoms with van der Waals surface area (Å²) in [5.74, 6) is 0. The van der Waals surface area contributed by atoms with Gasteiger partial charge in [-0.25, -0.2) is 0 Å². The van der Waals surface area contributed by atoms with Crippen LogP contribution in [0.2, 0.25) is 0 Å². The number of fused-ring (bicyclic) bond motifs is 5. The average molecular weight is 349 g/mol. The fourth-order valence-electron chi connectivity index (χ4n) is 4.13. The van der Waals surface area contributed by atoms with E-state index in [0.29, 0.717) is 0 Å². The summed E-state index contributed by atoms with van der Waals surface area (Å²) in [6, 6.07) is 30.9. The summed E-state index contributed by atoms with van der Waals surface area (Å²) < 4.78 is 2.39. The molecule has 0 fully saturated rings. The second kappa shape index (κ2) is 5.72. The number of rotatable bonds is 1. The van der Waals surface area contributed by atoms with Gasteiger partial charge in [-0.2, -0.15) is 0 Å². The van der Waals surface area contributed by atoms with Crippen molar-refractivity contribution in [3.05, 3.63) is 90.5 Å². The fraction of sp³-hybridized carbons (Fsp3) is 0.154. The van der Waals surface area contributed by atoms with Gasteiger partial charge in [-0.1, -0.05) is 81.4 Å². The first kappa shape index (κ1) is 16.1. The van der Waals surface area contributed by atoms with E-state index in [1.165, 1.54) is 43.8 Å². The van der Waals surface area contributed by atoms with Crippen LogP contribution in [-0.2, 0) is 5.41 Å². The molecule has 4 aromatic carbocycles. The predicted molar refractivity (Wildman–Crippen MR) is 117 cm³/mol. The lowest BCUT2D eigenvalue weighted by Crippen LogP contribution is -2.10. The van der Waals surface area contributed by atoms with E-state index in [9.17, 15) is 0 Å². The normalized spacial score (nSPS) is 12.3. The zero-order valence-electron chi connectivity index (χ0n) is 16.0. The van der Waals surface area contributed by atoms with E-state index in [-0.39, 0.29) is 5.41 Å². The highest BCUT2D eigenvalue weighted by molar-refractivity contribution is 6.21. The van der Waals surface area contributed by atoms with Crippen molar-refractivity contribution in [1.29, 1.82) is 0 Å². The molecule has 5 rings (SSSR count). The molecular weight excluding hydrogens is 326 g/mol. The van der Waals surface area contributed by atoms with E-state index in [1.807, 2.05) is 0 Å². The van der Waals surface area contributed by atoms with Crippen LogP contribution in [0.15, 0.2) is 84.9 Å². The quantitative estimate of drug-likeness (QED) is 0.301. The third-order valence-corrected chi connectivity index (χ3v) is 5.55. The molecule has 1 nitrogen and oxygen atoms in total. The molecule has 1 aromatic heterocycles. The first-order valence-corrected chi connectivity index (χ1v) is 9.56. The molecule has 0 radical (unpaired) electrons. The van der Waals surface area contributed by atoms with Crippen molar-refractivity contribution in [3.63, 3.8) is 0 Å². The van der Waals surface area contributed by atoms with Gasteiger partial charge in [-0.15, -0.1) is 0 Å². The molecule has 1 heterocycles. The van der Waals surface area contributed by atoms with Gasteiger partial charge in [0.25, 0.3) is 0 Å². The standard InChI is InChI=1S/C26H23N/c1-26(2,3)19-13-15-20(16-14-19)27-23-11-7-6-10-22(23)25-21-9-5-4-8-18(21)12-17-24(25)27/h4-17H,1-3H3. The Morgan fingerprint density at radius 2 is 1.26 bits per heavy atom. The minimum absolute atomic E-state index is 0.162. The van der Waals surface area contributed by atoms with Crippen molar-refractivity contribution < 1.29 is 0 Å². The molecule has 5 aromatic rings. The molecule has 27 heavy (non-hydrogen) atoms. The van der Waals surface area contributed by atoms with Gasteiger partial charge in [-0.3, -0.25) is 0 Å². The molecule has 0 saturated carbocycles. The van der Waals surface area contributed by atoms with Gasteiger partial charge in [0.1, 0.15) is 0 Å². The summed E-state index contributed by atoms with van der Waals surface area (Å²) in [5.41, 5.74) is 5.25. The van der Waals surface area contributed by atoms with Crippen molar-refractivity contribution in [3.8, 4) is 5.69 Å². The van der Waals surface area contributed by atoms with Crippen molar-refractivity contribution in [2.75, 3.05) is 0 Å². The molecule has 0 saturated heterocycles. The van der Waals surface area contributed by atoms with Gasteiger partial charge in [0.15, 0.2) is 0 Å². The molecule has 1 heteroatoms. The highest BCUT2D eigenvalue weighted by Crippen LogP contribution is 2.37. The largest absolute Gasteiger partial charge is 0.309 e. The van der Waals surface area contributed by atoms with Crippen LogP contribution in [0.25, 0.3) is 38.3 Å². The van der Waals surface area contributed by atoms with E-state index in [4.69, 9.17) is 0 Å². The van der Waals surface area contributed by atoms with Crippen LogP contribution in [-0.4, -0.2) is 4.57 Å². The SMILES string of the molecule is CC(C)(C)c1ccc(-n2c3ccccc3c3c4ccccc4ccc32)cc1. The van der Waals surface area contributed by atoms with Crippen molar-refractivity contribution in [1.82, 2.24) is 4.57 Å². The van der Waals surface area contributed by atoms with Gasteiger partial charge < -0.3 is 4.57 Å². The minimum atomic E-state index is 0.162. The topological polar surface area (TPSA) is 4.93 Å². The second-order valence-electron chi connectivity index (χ2n) is 8.33. The van der Waals surface area contributed by atoms with Crippen molar-refractivity contribution in [2.24, 2.45) is 0 Å². The Hall–Kier alpha value is -3.06. The smallest absolute Gasteiger partial charge is 0.0547 e. The summed E-state index contributed by atoms with van der Waals surface area (Å²) in [6.45, 7) is 6.78. The first-order chi connectivity index (χ1) is 13.0. The number of para-hydroxylation sites is 1. The number of hydrogen-bond acceptors (Lipinski definition) is 0. The van der Waals surface area contributed by atoms with E-state index in [2.05, 4.69) is 110 Å². The fourth-order valence-corrected chi connectivity index (χ4v) is 4.13. The summed E-state index contributed by atoms with van der Waals surface area (Å²) in [7, 11) is 0. The molecular formula is C26H23N. The van der Waals surface area contributed by atoms with Crippen LogP contribution >= 0.6 is 0 Å². The lowest BCUT2D eigenvalue weighted by molar-refractivity contribution is 0.590. The van der Waals surface area contributed by atoms with Crippen LogP contribution in [0.5, 0.6) is 0 Å². The average Bonchev–Trinajstić information content (AvgIpc) is 3.02. The van der Waals surface area contributed by atoms with Gasteiger partial charge in [0.05, 0.1) is 11.0 Å². The third kappa shape index (κ3) is 2.46. The highest BCUT2D eigenvalue weighted by atomic mass is 15.0. The molecule has 0 spiro atoms. The van der Waals surface area contributed by atoms with E-state index < -0.39 is 0 Å². The maximum Gasteiger partial charge on any atom is 0.0547 e. The van der Waals surface area contributed by atoms with E-state index in [1.54, 1.807) is 0 Å². The molecule has 0 amide bonds. The van der Waals surface area contributed by atoms with Crippen molar-refractivity contribution in [2.45, 2.75) is 26.2 Å². The Bertz CT molecular complexity index is 1280. The molecule has 0 aliphatic rings. The Kier molecular flexibility index (Phi) is 3.42. The maximum absolute atomic E-state index is 2.39. The molecule has 0 N–H and O–H groups in total. The molecule has 0 aliphatic carbocycles. The number of aromatic nitrogens is 1. The molecule has 132 valence electrons. The number of nitrogens with zero attached hydrogens (tertiary/aromatic N) is 1. The van der Waals surface area contributed by atoms with Gasteiger partial charge in [0, 0.05) is 16.5 Å². The summed E-state index contributed by atoms with van der Waals surface area (Å²) in [4.78, 5) is 0. The van der Waals surface area contributed by atoms with Gasteiger partial charge >= 0.3 is 0 Å². The van der Waals surface area contributed by atoms with Gasteiger partial charge in [0.2, 0.25) is 0 Å². The summed E-state index contributed by atoms with van der Waals surface area (Å²) in [6.07, 6.45) is 0. The molecule has 0 aliphatic heterocycles. The highest BCUT2D eigenvalue weighted by Gasteiger charge is 2.16. The van der Waals surface area contributed by atoms with Crippen molar-refractivity contribution >= 4 is 32.6 Å². The van der Waals surface area contributed by atoms with Crippen LogP contribution in [0.3, 0.4) is 0 Å². The summed E-state index contributed by atoms with van der Waals surface area (Å²) in [5, 5.41) is 5.25. The van der Waals surface area contributed by atoms with E-state index >= 15 is 0 Å². The molecule has 0 atom stereocenters. The zero-order valence-corrected chi connectivity index (χ0v) is 16.0. The van der Waals surface area contributed by atoms with Gasteiger partial charge in [-0.05, 0) is 46.0 Å².